The molecule has 1 aromatic carbocycles. The Morgan fingerprint density at radius 2 is 2.04 bits per heavy atom. The Balaban J connectivity index is 1.64. The lowest BCUT2D eigenvalue weighted by atomic mass is 10.0. The lowest BCUT2D eigenvalue weighted by Gasteiger charge is -2.43. The zero-order chi connectivity index (χ0) is 19.0. The topological polar surface area (TPSA) is 133 Å². The van der Waals surface area contributed by atoms with Crippen LogP contribution in [0.3, 0.4) is 0 Å². The largest absolute Gasteiger partial charge is 0.480 e. The summed E-state index contributed by atoms with van der Waals surface area (Å²) in [5.41, 5.74) is -0.126. The summed E-state index contributed by atoms with van der Waals surface area (Å²) in [7, 11) is 1.37. The van der Waals surface area contributed by atoms with Gasteiger partial charge in [0, 0.05) is 7.11 Å². The number of nitrogens with one attached hydrogen (secondary N) is 1. The van der Waals surface area contributed by atoms with Gasteiger partial charge in [0.05, 0.1) is 12.0 Å². The number of rotatable bonds is 6. The summed E-state index contributed by atoms with van der Waals surface area (Å²) in [5.74, 6) is -3.17. The Hall–Kier alpha value is -2.59. The number of carboxylic acids is 2. The molecule has 3 rings (SSSR count). The highest BCUT2D eigenvalue weighted by Crippen LogP contribution is 2.44. The first kappa shape index (κ1) is 18.2. The second-order valence-electron chi connectivity index (χ2n) is 5.89. The Morgan fingerprint density at radius 3 is 2.65 bits per heavy atom. The fraction of sp³-hybridized carbons (Fsp3) is 0.375. The van der Waals surface area contributed by atoms with Crippen LogP contribution >= 0.6 is 11.8 Å². The van der Waals surface area contributed by atoms with Crippen molar-refractivity contribution in [3.63, 3.8) is 0 Å². The highest BCUT2D eigenvalue weighted by atomic mass is 32.2. The van der Waals surface area contributed by atoms with Crippen LogP contribution < -0.4 is 5.32 Å². The third kappa shape index (κ3) is 3.13. The van der Waals surface area contributed by atoms with Gasteiger partial charge in [-0.25, -0.2) is 9.59 Å². The second kappa shape index (κ2) is 6.96. The molecule has 2 aliphatic rings. The monoisotopic (exact) mass is 380 g/mol. The first-order chi connectivity index (χ1) is 12.3. The highest BCUT2D eigenvalue weighted by molar-refractivity contribution is 8.00. The molecule has 0 aliphatic carbocycles. The summed E-state index contributed by atoms with van der Waals surface area (Å²) in [4.78, 5) is 48.0. The number of methoxy groups -OCH3 is 1. The van der Waals surface area contributed by atoms with Crippen LogP contribution in [0.1, 0.15) is 15.9 Å². The van der Waals surface area contributed by atoms with Gasteiger partial charge in [0.2, 0.25) is 11.8 Å². The maximum absolute atomic E-state index is 12.3. The van der Waals surface area contributed by atoms with Gasteiger partial charge in [-0.1, -0.05) is 23.9 Å². The molecule has 10 heteroatoms. The number of carbonyl (C=O) groups excluding carboxylic acids is 2. The van der Waals surface area contributed by atoms with Crippen molar-refractivity contribution in [1.29, 1.82) is 0 Å². The zero-order valence-electron chi connectivity index (χ0n) is 13.6. The van der Waals surface area contributed by atoms with E-state index in [-0.39, 0.29) is 12.0 Å². The smallest absolute Gasteiger partial charge is 0.335 e. The molecule has 0 saturated carbocycles. The Bertz CT molecular complexity index is 784. The van der Waals surface area contributed by atoms with Gasteiger partial charge >= 0.3 is 11.9 Å². The molecule has 2 aliphatic heterocycles. The van der Waals surface area contributed by atoms with Crippen molar-refractivity contribution in [3.05, 3.63) is 35.4 Å². The molecule has 2 unspecified atom stereocenters. The number of ether oxygens (including phenoxy) is 1. The van der Waals surface area contributed by atoms with Gasteiger partial charge in [-0.15, -0.1) is 0 Å². The Labute approximate surface area is 152 Å². The van der Waals surface area contributed by atoms with E-state index in [2.05, 4.69) is 5.32 Å². The molecule has 0 spiro atoms. The number of amides is 2. The first-order valence-corrected chi connectivity index (χ1v) is 8.62. The van der Waals surface area contributed by atoms with Crippen molar-refractivity contribution in [3.8, 4) is 0 Å². The SMILES string of the molecule is CO[C@H]1S[C@H]2C(NC(=O)Cc3cccc(C(=O)O)c3)C(=O)N2C1C(=O)O. The number of nitrogens with zero attached hydrogens (tertiary/aromatic N) is 1. The minimum Gasteiger partial charge on any atom is -0.480 e. The number of aliphatic carboxylic acids is 1. The van der Waals surface area contributed by atoms with Crippen LogP contribution in [0.5, 0.6) is 0 Å². The third-order valence-corrected chi connectivity index (χ3v) is 5.75. The zero-order valence-corrected chi connectivity index (χ0v) is 14.4. The van der Waals surface area contributed by atoms with Crippen LogP contribution in [0, 0.1) is 0 Å². The maximum Gasteiger partial charge on any atom is 0.335 e. The minimum absolute atomic E-state index is 0.0692. The van der Waals surface area contributed by atoms with Gasteiger partial charge < -0.3 is 25.2 Å². The third-order valence-electron chi connectivity index (χ3n) is 4.25. The summed E-state index contributed by atoms with van der Waals surface area (Å²) in [6, 6.07) is 4.06. The summed E-state index contributed by atoms with van der Waals surface area (Å²) in [5, 5.41) is 20.3. The molecular formula is C16H16N2O7S. The van der Waals surface area contributed by atoms with E-state index >= 15 is 0 Å². The van der Waals surface area contributed by atoms with Crippen LogP contribution in [0.25, 0.3) is 0 Å². The van der Waals surface area contributed by atoms with E-state index in [0.717, 1.165) is 0 Å². The molecule has 0 radical (unpaired) electrons. The summed E-state index contributed by atoms with van der Waals surface area (Å²) >= 11 is 1.17. The van der Waals surface area contributed by atoms with Gasteiger partial charge in [-0.05, 0) is 17.7 Å². The van der Waals surface area contributed by atoms with Gasteiger partial charge in [-0.2, -0.15) is 0 Å². The number of thioether (sulfide) groups is 1. The number of benzene rings is 1. The standard InChI is InChI=1S/C16H16N2O7S/c1-25-16-11(15(23)24)18-12(20)10(13(18)26-16)17-9(19)6-7-3-2-4-8(5-7)14(21)22/h2-5,10-11,13,16H,6H2,1H3,(H,17,19)(H,21,22)(H,23,24)/t10?,11?,13-,16-/m0/s1. The molecule has 1 aromatic rings. The summed E-state index contributed by atoms with van der Waals surface area (Å²) in [6.45, 7) is 0. The average Bonchev–Trinajstić information content (AvgIpc) is 2.95. The van der Waals surface area contributed by atoms with Crippen molar-refractivity contribution in [2.24, 2.45) is 0 Å². The molecule has 0 aromatic heterocycles. The highest BCUT2D eigenvalue weighted by Gasteiger charge is 2.61. The van der Waals surface area contributed by atoms with Crippen LogP contribution in [0.2, 0.25) is 0 Å². The number of fused-ring (bicyclic) bond motifs is 1. The van der Waals surface area contributed by atoms with E-state index < -0.39 is 46.6 Å². The van der Waals surface area contributed by atoms with Gasteiger partial charge in [-0.3, -0.25) is 9.59 Å². The normalized spacial score (nSPS) is 26.8. The minimum atomic E-state index is -1.16. The lowest BCUT2D eigenvalue weighted by Crippen LogP contribution is -2.70. The molecule has 26 heavy (non-hydrogen) atoms. The van der Waals surface area contributed by atoms with Crippen molar-refractivity contribution < 1.29 is 34.1 Å². The van der Waals surface area contributed by atoms with E-state index in [4.69, 9.17) is 9.84 Å². The molecule has 3 N–H and O–H groups in total. The number of aromatic carboxylic acids is 1. The number of hydrogen-bond acceptors (Lipinski definition) is 6. The maximum atomic E-state index is 12.3. The summed E-state index contributed by atoms with van der Waals surface area (Å²) in [6.07, 6.45) is -0.0850. The van der Waals surface area contributed by atoms with Crippen molar-refractivity contribution in [2.45, 2.75) is 29.3 Å². The fourth-order valence-corrected chi connectivity index (χ4v) is 4.54. The second-order valence-corrected chi connectivity index (χ2v) is 7.11. The van der Waals surface area contributed by atoms with Crippen LogP contribution in [-0.4, -0.2) is 68.9 Å². The number of β-lactam (4-membered cyclic amide) rings is 1. The number of carboxylic acid groups (broad SMARTS) is 2. The van der Waals surface area contributed by atoms with Gasteiger partial charge in [0.1, 0.15) is 16.9 Å². The van der Waals surface area contributed by atoms with E-state index in [9.17, 15) is 24.3 Å². The van der Waals surface area contributed by atoms with Crippen molar-refractivity contribution >= 4 is 35.5 Å². The van der Waals surface area contributed by atoms with Crippen LogP contribution in [0.15, 0.2) is 24.3 Å². The van der Waals surface area contributed by atoms with Crippen LogP contribution in [0.4, 0.5) is 0 Å². The van der Waals surface area contributed by atoms with E-state index in [0.29, 0.717) is 5.56 Å². The summed E-state index contributed by atoms with van der Waals surface area (Å²) < 4.78 is 5.12. The van der Waals surface area contributed by atoms with Crippen molar-refractivity contribution in [1.82, 2.24) is 10.2 Å². The predicted octanol–water partition coefficient (Wildman–Crippen LogP) is -0.247. The molecule has 2 heterocycles. The van der Waals surface area contributed by atoms with Gasteiger partial charge in [0.15, 0.2) is 6.04 Å². The Morgan fingerprint density at radius 1 is 1.31 bits per heavy atom. The lowest BCUT2D eigenvalue weighted by molar-refractivity contribution is -0.162. The van der Waals surface area contributed by atoms with Gasteiger partial charge in [0.25, 0.3) is 0 Å². The van der Waals surface area contributed by atoms with E-state index in [1.165, 1.54) is 42.0 Å². The average molecular weight is 380 g/mol. The van der Waals surface area contributed by atoms with Crippen LogP contribution in [-0.2, 0) is 25.5 Å². The fourth-order valence-electron chi connectivity index (χ4n) is 3.05. The molecule has 138 valence electrons. The number of hydrogen-bond donors (Lipinski definition) is 3. The predicted molar refractivity (Wildman–Crippen MR) is 89.5 cm³/mol. The molecule has 2 amide bonds. The molecule has 2 saturated heterocycles. The molecule has 2 fully saturated rings. The first-order valence-electron chi connectivity index (χ1n) is 7.68. The van der Waals surface area contributed by atoms with E-state index in [1.807, 2.05) is 0 Å². The Kier molecular flexibility index (Phi) is 4.88. The molecule has 9 nitrogen and oxygen atoms in total. The molecular weight excluding hydrogens is 364 g/mol. The van der Waals surface area contributed by atoms with E-state index in [1.54, 1.807) is 6.07 Å². The van der Waals surface area contributed by atoms with Crippen molar-refractivity contribution in [2.75, 3.05) is 7.11 Å². The molecule has 0 bridgehead atoms. The number of carbonyl (C=O) groups is 4. The molecule has 4 atom stereocenters. The quantitative estimate of drug-likeness (QED) is 0.576.